The van der Waals surface area contributed by atoms with Crippen LogP contribution in [0.25, 0.3) is 0 Å². The Morgan fingerprint density at radius 2 is 1.35 bits per heavy atom. The molecule has 1 aromatic rings. The molecule has 0 fully saturated rings. The van der Waals surface area contributed by atoms with Crippen molar-refractivity contribution in [1.29, 1.82) is 0 Å². The molecule has 0 aliphatic carbocycles. The van der Waals surface area contributed by atoms with E-state index in [0.29, 0.717) is 0 Å². The molecule has 0 saturated carbocycles. The van der Waals surface area contributed by atoms with Crippen molar-refractivity contribution in [3.05, 3.63) is 29.8 Å². The van der Waals surface area contributed by atoms with Crippen LogP contribution in [0.4, 0.5) is 0 Å². The fraction of sp³-hybridized carbons (Fsp3) is 0.667. The van der Waals surface area contributed by atoms with Crippen LogP contribution in [0.15, 0.2) is 29.2 Å². The Balaban J connectivity index is 0.00000484. The largest absolute Gasteiger partial charge is 1.00 e. The van der Waals surface area contributed by atoms with Gasteiger partial charge in [-0.3, -0.25) is 0 Å². The summed E-state index contributed by atoms with van der Waals surface area (Å²) in [5.74, 6) is 0. The van der Waals surface area contributed by atoms with Crippen LogP contribution in [0.2, 0.25) is 0 Å². The van der Waals surface area contributed by atoms with Crippen molar-refractivity contribution >= 4 is 10.1 Å². The molecule has 0 unspecified atom stereocenters. The second-order valence-corrected chi connectivity index (χ2v) is 7.83. The van der Waals surface area contributed by atoms with Crippen molar-refractivity contribution in [2.75, 3.05) is 0 Å². The Labute approximate surface area is 164 Å². The molecule has 0 bridgehead atoms. The van der Waals surface area contributed by atoms with Gasteiger partial charge in [-0.25, -0.2) is 8.42 Å². The van der Waals surface area contributed by atoms with Crippen LogP contribution in [0.3, 0.4) is 0 Å². The first-order chi connectivity index (χ1) is 10.3. The molecule has 0 amide bonds. The molecule has 0 N–H and O–H groups in total. The van der Waals surface area contributed by atoms with Gasteiger partial charge in [0.15, 0.2) is 0 Å². The average Bonchev–Trinajstić information content (AvgIpc) is 2.47. The first kappa shape index (κ1) is 23.1. The van der Waals surface area contributed by atoms with Gasteiger partial charge in [-0.15, -0.1) is 0 Å². The number of rotatable bonds is 10. The molecule has 1 rings (SSSR count). The summed E-state index contributed by atoms with van der Waals surface area (Å²) >= 11 is 0. The minimum Gasteiger partial charge on any atom is -0.744 e. The topological polar surface area (TPSA) is 57.2 Å². The van der Waals surface area contributed by atoms with Crippen LogP contribution in [0.5, 0.6) is 0 Å². The molecule has 0 aromatic heterocycles. The summed E-state index contributed by atoms with van der Waals surface area (Å²) in [5.41, 5.74) is 1.21. The SMILES string of the molecule is CCCCCC(C)(CCCCC)c1ccc(S(=O)(=O)[O-])cc1.[Na+]. The van der Waals surface area contributed by atoms with E-state index < -0.39 is 10.1 Å². The first-order valence-electron chi connectivity index (χ1n) is 8.40. The number of unbranched alkanes of at least 4 members (excludes halogenated alkanes) is 4. The molecule has 0 radical (unpaired) electrons. The van der Waals surface area contributed by atoms with Gasteiger partial charge in [0.1, 0.15) is 10.1 Å². The van der Waals surface area contributed by atoms with Crippen LogP contribution in [-0.4, -0.2) is 13.0 Å². The van der Waals surface area contributed by atoms with Gasteiger partial charge in [0.25, 0.3) is 0 Å². The third-order valence-corrected chi connectivity index (χ3v) is 5.35. The monoisotopic (exact) mass is 348 g/mol. The van der Waals surface area contributed by atoms with Crippen LogP contribution >= 0.6 is 0 Å². The quantitative estimate of drug-likeness (QED) is 0.369. The van der Waals surface area contributed by atoms with Crippen molar-refractivity contribution in [2.45, 2.75) is 82.4 Å². The molecular formula is C18H29NaO3S. The predicted molar refractivity (Wildman–Crippen MR) is 90.0 cm³/mol. The normalized spacial score (nSPS) is 12.0. The molecule has 0 heterocycles. The van der Waals surface area contributed by atoms with Gasteiger partial charge in [-0.2, -0.15) is 0 Å². The third-order valence-electron chi connectivity index (χ3n) is 4.50. The van der Waals surface area contributed by atoms with Crippen LogP contribution in [-0.2, 0) is 15.5 Å². The summed E-state index contributed by atoms with van der Waals surface area (Å²) in [6, 6.07) is 6.55. The van der Waals surface area contributed by atoms with Gasteiger partial charge >= 0.3 is 29.6 Å². The van der Waals surface area contributed by atoms with Crippen LogP contribution in [0.1, 0.15) is 77.7 Å². The summed E-state index contributed by atoms with van der Waals surface area (Å²) in [5, 5.41) is 0. The van der Waals surface area contributed by atoms with Crippen molar-refractivity contribution in [3.63, 3.8) is 0 Å². The molecule has 0 spiro atoms. The maximum absolute atomic E-state index is 11.1. The van der Waals surface area contributed by atoms with Gasteiger partial charge in [-0.1, -0.05) is 71.4 Å². The van der Waals surface area contributed by atoms with Crippen molar-refractivity contribution in [3.8, 4) is 0 Å². The fourth-order valence-corrected chi connectivity index (χ4v) is 3.44. The van der Waals surface area contributed by atoms with E-state index in [0.717, 1.165) is 18.4 Å². The molecule has 0 atom stereocenters. The first-order valence-corrected chi connectivity index (χ1v) is 9.81. The second-order valence-electron chi connectivity index (χ2n) is 6.45. The number of hydrogen-bond acceptors (Lipinski definition) is 3. The molecule has 0 aliphatic heterocycles. The summed E-state index contributed by atoms with van der Waals surface area (Å²) in [4.78, 5) is -0.138. The Morgan fingerprint density at radius 1 is 0.913 bits per heavy atom. The van der Waals surface area contributed by atoms with Gasteiger partial charge in [0.2, 0.25) is 0 Å². The van der Waals surface area contributed by atoms with E-state index in [-0.39, 0.29) is 39.9 Å². The molecule has 126 valence electrons. The smallest absolute Gasteiger partial charge is 0.744 e. The van der Waals surface area contributed by atoms with Crippen LogP contribution < -0.4 is 29.6 Å². The molecular weight excluding hydrogens is 319 g/mol. The van der Waals surface area contributed by atoms with E-state index in [2.05, 4.69) is 20.8 Å². The van der Waals surface area contributed by atoms with Crippen molar-refractivity contribution < 1.29 is 42.5 Å². The van der Waals surface area contributed by atoms with E-state index in [1.807, 2.05) is 12.1 Å². The zero-order chi connectivity index (χ0) is 16.6. The van der Waals surface area contributed by atoms with Crippen LogP contribution in [0, 0.1) is 0 Å². The standard InChI is InChI=1S/C18H30O3S.Na/c1-4-6-8-14-18(3,15-9-7-5-2)16-10-12-17(13-11-16)22(19,20)21;/h10-13H,4-9,14-15H2,1-3H3,(H,19,20,21);/q;+1/p-1. The molecule has 5 heteroatoms. The Kier molecular flexibility index (Phi) is 10.9. The number of benzene rings is 1. The van der Waals surface area contributed by atoms with E-state index in [1.165, 1.54) is 50.7 Å². The molecule has 3 nitrogen and oxygen atoms in total. The van der Waals surface area contributed by atoms with Gasteiger partial charge in [-0.05, 0) is 36.0 Å². The summed E-state index contributed by atoms with van der Waals surface area (Å²) in [6.07, 6.45) is 9.40. The van der Waals surface area contributed by atoms with Gasteiger partial charge in [0.05, 0.1) is 4.90 Å². The zero-order valence-electron chi connectivity index (χ0n) is 15.1. The summed E-state index contributed by atoms with van der Waals surface area (Å²) in [6.45, 7) is 6.66. The Bertz CT molecular complexity index is 528. The van der Waals surface area contributed by atoms with E-state index >= 15 is 0 Å². The van der Waals surface area contributed by atoms with Gasteiger partial charge in [0, 0.05) is 0 Å². The predicted octanol–water partition coefficient (Wildman–Crippen LogP) is 2.01. The molecule has 1 aromatic carbocycles. The minimum absolute atomic E-state index is 0. The second kappa shape index (κ2) is 10.9. The van der Waals surface area contributed by atoms with Gasteiger partial charge < -0.3 is 4.55 Å². The Hall–Kier alpha value is 0.130. The fourth-order valence-electron chi connectivity index (χ4n) is 2.97. The molecule has 0 aliphatic rings. The van der Waals surface area contributed by atoms with E-state index in [1.54, 1.807) is 0 Å². The summed E-state index contributed by atoms with van der Waals surface area (Å²) in [7, 11) is -4.36. The third kappa shape index (κ3) is 7.70. The maximum Gasteiger partial charge on any atom is 1.00 e. The summed E-state index contributed by atoms with van der Waals surface area (Å²) < 4.78 is 33.2. The van der Waals surface area contributed by atoms with Crippen molar-refractivity contribution in [2.24, 2.45) is 0 Å². The minimum atomic E-state index is -4.36. The zero-order valence-corrected chi connectivity index (χ0v) is 17.9. The molecule has 23 heavy (non-hydrogen) atoms. The number of hydrogen-bond donors (Lipinski definition) is 0. The van der Waals surface area contributed by atoms with E-state index in [4.69, 9.17) is 0 Å². The maximum atomic E-state index is 11.1. The van der Waals surface area contributed by atoms with Crippen molar-refractivity contribution in [1.82, 2.24) is 0 Å². The average molecular weight is 348 g/mol. The Morgan fingerprint density at radius 3 is 1.70 bits per heavy atom. The van der Waals surface area contributed by atoms with E-state index in [9.17, 15) is 13.0 Å². The molecule has 0 saturated heterocycles.